The van der Waals surface area contributed by atoms with Crippen molar-refractivity contribution >= 4 is 27.5 Å². The molecule has 3 rings (SSSR count). The summed E-state index contributed by atoms with van der Waals surface area (Å²) in [6.07, 6.45) is -3.15. The summed E-state index contributed by atoms with van der Waals surface area (Å²) in [6.45, 7) is 3.12. The molecule has 0 spiro atoms. The van der Waals surface area contributed by atoms with Crippen LogP contribution in [0.1, 0.15) is 39.3 Å². The maximum atomic E-state index is 13.2. The molecule has 0 saturated carbocycles. The normalized spacial score (nSPS) is 13.0. The molecule has 0 fully saturated rings. The first kappa shape index (κ1) is 19.1. The van der Waals surface area contributed by atoms with Crippen LogP contribution in [0.3, 0.4) is 0 Å². The zero-order valence-corrected chi connectivity index (χ0v) is 15.5. The lowest BCUT2D eigenvalue weighted by molar-refractivity contribution is -0.138. The van der Waals surface area contributed by atoms with Gasteiger partial charge in [-0.1, -0.05) is 18.2 Å². The van der Waals surface area contributed by atoms with Crippen LogP contribution in [0.15, 0.2) is 35.4 Å². The summed E-state index contributed by atoms with van der Waals surface area (Å²) in [7, 11) is 1.56. The molecule has 5 nitrogen and oxygen atoms in total. The molecule has 0 radical (unpaired) electrons. The third-order valence-electron chi connectivity index (χ3n) is 4.30. The first-order chi connectivity index (χ1) is 12.6. The van der Waals surface area contributed by atoms with Crippen LogP contribution in [-0.2, 0) is 13.2 Å². The van der Waals surface area contributed by atoms with Gasteiger partial charge in [0, 0.05) is 7.05 Å². The van der Waals surface area contributed by atoms with E-state index in [4.69, 9.17) is 0 Å². The summed E-state index contributed by atoms with van der Waals surface area (Å²) < 4.78 is 40.9. The molecule has 142 valence electrons. The number of thiophene rings is 1. The van der Waals surface area contributed by atoms with Crippen molar-refractivity contribution in [1.82, 2.24) is 14.9 Å². The van der Waals surface area contributed by atoms with Crippen LogP contribution in [0.4, 0.5) is 13.2 Å². The van der Waals surface area contributed by atoms with Crippen molar-refractivity contribution in [2.24, 2.45) is 7.05 Å². The molecule has 0 saturated heterocycles. The predicted molar refractivity (Wildman–Crippen MR) is 96.9 cm³/mol. The second-order valence-electron chi connectivity index (χ2n) is 6.18. The number of amides is 1. The molecular formula is C18H16F3N3O2S. The van der Waals surface area contributed by atoms with Gasteiger partial charge in [0.1, 0.15) is 4.83 Å². The molecule has 0 aliphatic rings. The summed E-state index contributed by atoms with van der Waals surface area (Å²) in [5.74, 6) is -0.540. The summed E-state index contributed by atoms with van der Waals surface area (Å²) in [6, 6.07) is 4.25. The quantitative estimate of drug-likeness (QED) is 0.734. The lowest BCUT2D eigenvalue weighted by Gasteiger charge is -2.19. The van der Waals surface area contributed by atoms with Gasteiger partial charge >= 0.3 is 6.18 Å². The average Bonchev–Trinajstić information content (AvgIpc) is 2.95. The number of rotatable bonds is 3. The summed E-state index contributed by atoms with van der Waals surface area (Å²) in [4.78, 5) is 29.7. The topological polar surface area (TPSA) is 64.0 Å². The Morgan fingerprint density at radius 1 is 1.30 bits per heavy atom. The SMILES string of the molecule is Cc1c(C(=O)NC(C)c2ccccc2C(F)(F)F)sc2ncn(C)c(=O)c12. The number of fused-ring (bicyclic) bond motifs is 1. The molecule has 2 heterocycles. The van der Waals surface area contributed by atoms with Crippen molar-refractivity contribution in [3.05, 3.63) is 62.5 Å². The zero-order valence-electron chi connectivity index (χ0n) is 14.7. The van der Waals surface area contributed by atoms with Gasteiger partial charge in [-0.15, -0.1) is 11.3 Å². The van der Waals surface area contributed by atoms with Crippen molar-refractivity contribution < 1.29 is 18.0 Å². The molecule has 0 aliphatic heterocycles. The Morgan fingerprint density at radius 2 is 1.96 bits per heavy atom. The summed E-state index contributed by atoms with van der Waals surface area (Å²) in [5, 5.41) is 2.94. The molecule has 27 heavy (non-hydrogen) atoms. The number of nitrogens with zero attached hydrogens (tertiary/aromatic N) is 2. The van der Waals surface area contributed by atoms with E-state index in [9.17, 15) is 22.8 Å². The van der Waals surface area contributed by atoms with E-state index < -0.39 is 23.7 Å². The number of carbonyl (C=O) groups is 1. The van der Waals surface area contributed by atoms with E-state index >= 15 is 0 Å². The van der Waals surface area contributed by atoms with Gasteiger partial charge in [0.25, 0.3) is 11.5 Å². The van der Waals surface area contributed by atoms with Crippen molar-refractivity contribution in [3.63, 3.8) is 0 Å². The number of benzene rings is 1. The minimum absolute atomic E-state index is 0.0221. The van der Waals surface area contributed by atoms with Gasteiger partial charge in [-0.05, 0) is 31.0 Å². The van der Waals surface area contributed by atoms with E-state index in [0.717, 1.165) is 17.4 Å². The number of carbonyl (C=O) groups excluding carboxylic acids is 1. The molecule has 1 atom stereocenters. The highest BCUT2D eigenvalue weighted by Gasteiger charge is 2.34. The largest absolute Gasteiger partial charge is 0.416 e. The molecule has 2 aromatic heterocycles. The highest BCUT2D eigenvalue weighted by Crippen LogP contribution is 2.35. The Kier molecular flexibility index (Phi) is 4.81. The van der Waals surface area contributed by atoms with E-state index in [2.05, 4.69) is 10.3 Å². The number of hydrogen-bond donors (Lipinski definition) is 1. The average molecular weight is 395 g/mol. The highest BCUT2D eigenvalue weighted by atomic mass is 32.1. The molecule has 1 aromatic carbocycles. The van der Waals surface area contributed by atoms with Crippen LogP contribution >= 0.6 is 11.3 Å². The van der Waals surface area contributed by atoms with Crippen molar-refractivity contribution in [2.45, 2.75) is 26.1 Å². The van der Waals surface area contributed by atoms with Gasteiger partial charge in [0.2, 0.25) is 0 Å². The first-order valence-corrected chi connectivity index (χ1v) is 8.84. The number of hydrogen-bond acceptors (Lipinski definition) is 4. The summed E-state index contributed by atoms with van der Waals surface area (Å²) in [5.41, 5.74) is -0.617. The van der Waals surface area contributed by atoms with Gasteiger partial charge in [0.05, 0.1) is 28.2 Å². The molecule has 1 N–H and O–H groups in total. The Morgan fingerprint density at radius 3 is 2.63 bits per heavy atom. The zero-order chi connectivity index (χ0) is 19.9. The van der Waals surface area contributed by atoms with E-state index in [1.165, 1.54) is 36.0 Å². The molecule has 1 unspecified atom stereocenters. The third kappa shape index (κ3) is 3.46. The number of aromatic nitrogens is 2. The van der Waals surface area contributed by atoms with Crippen molar-refractivity contribution in [1.29, 1.82) is 0 Å². The van der Waals surface area contributed by atoms with Crippen LogP contribution in [-0.4, -0.2) is 15.5 Å². The Bertz CT molecular complexity index is 1090. The van der Waals surface area contributed by atoms with Crippen LogP contribution < -0.4 is 10.9 Å². The van der Waals surface area contributed by atoms with E-state index in [0.29, 0.717) is 15.8 Å². The Hall–Kier alpha value is -2.68. The van der Waals surface area contributed by atoms with Crippen molar-refractivity contribution in [3.8, 4) is 0 Å². The maximum Gasteiger partial charge on any atom is 0.416 e. The van der Waals surface area contributed by atoms with Gasteiger partial charge < -0.3 is 9.88 Å². The lowest BCUT2D eigenvalue weighted by atomic mass is 10.0. The summed E-state index contributed by atoms with van der Waals surface area (Å²) >= 11 is 1.04. The van der Waals surface area contributed by atoms with E-state index in [1.54, 1.807) is 14.0 Å². The van der Waals surface area contributed by atoms with Crippen LogP contribution in [0.2, 0.25) is 0 Å². The second-order valence-corrected chi connectivity index (χ2v) is 7.18. The maximum absolute atomic E-state index is 13.2. The van der Waals surface area contributed by atoms with E-state index in [1.807, 2.05) is 0 Å². The number of halogens is 3. The Labute approximate surface area is 156 Å². The molecular weight excluding hydrogens is 379 g/mol. The number of aryl methyl sites for hydroxylation is 2. The van der Waals surface area contributed by atoms with Gasteiger partial charge in [-0.25, -0.2) is 4.98 Å². The standard InChI is InChI=1S/C18H16F3N3O2S/c1-9-13-16(22-8-24(3)17(13)26)27-14(9)15(25)23-10(2)11-6-4-5-7-12(11)18(19,20)21/h4-8,10H,1-3H3,(H,23,25). The van der Waals surface area contributed by atoms with Crippen LogP contribution in [0, 0.1) is 6.92 Å². The highest BCUT2D eigenvalue weighted by molar-refractivity contribution is 7.20. The molecule has 0 aliphatic carbocycles. The van der Waals surface area contributed by atoms with E-state index in [-0.39, 0.29) is 16.0 Å². The minimum atomic E-state index is -4.51. The molecule has 1 amide bonds. The first-order valence-electron chi connectivity index (χ1n) is 8.03. The van der Waals surface area contributed by atoms with Gasteiger partial charge in [-0.3, -0.25) is 9.59 Å². The van der Waals surface area contributed by atoms with Crippen molar-refractivity contribution in [2.75, 3.05) is 0 Å². The fraction of sp³-hybridized carbons (Fsp3) is 0.278. The lowest BCUT2D eigenvalue weighted by Crippen LogP contribution is -2.28. The molecule has 9 heteroatoms. The number of nitrogens with one attached hydrogen (secondary N) is 1. The fourth-order valence-corrected chi connectivity index (χ4v) is 3.94. The smallest absolute Gasteiger partial charge is 0.345 e. The molecule has 0 bridgehead atoms. The van der Waals surface area contributed by atoms with Gasteiger partial charge in [0.15, 0.2) is 0 Å². The predicted octanol–water partition coefficient (Wildman–Crippen LogP) is 3.81. The Balaban J connectivity index is 1.95. The van der Waals surface area contributed by atoms with Crippen LogP contribution in [0.25, 0.3) is 10.2 Å². The fourth-order valence-electron chi connectivity index (χ4n) is 2.90. The monoisotopic (exact) mass is 395 g/mol. The van der Waals surface area contributed by atoms with Gasteiger partial charge in [-0.2, -0.15) is 13.2 Å². The van der Waals surface area contributed by atoms with Crippen LogP contribution in [0.5, 0.6) is 0 Å². The minimum Gasteiger partial charge on any atom is -0.345 e. The third-order valence-corrected chi connectivity index (χ3v) is 5.50. The number of alkyl halides is 3. The second kappa shape index (κ2) is 6.80. The molecule has 3 aromatic rings.